The summed E-state index contributed by atoms with van der Waals surface area (Å²) in [6.45, 7) is 2.08. The maximum atomic E-state index is 6.45. The zero-order valence-electron chi connectivity index (χ0n) is 18.6. The fourth-order valence-corrected chi connectivity index (χ4v) is 5.37. The minimum absolute atomic E-state index is 0.196. The highest BCUT2D eigenvalue weighted by molar-refractivity contribution is 7.99. The molecule has 2 atom stereocenters. The van der Waals surface area contributed by atoms with Gasteiger partial charge in [-0.25, -0.2) is 0 Å². The largest absolute Gasteiger partial charge is 0.495 e. The third kappa shape index (κ3) is 4.51. The smallest absolute Gasteiger partial charge is 0.174 e. The molecular formula is C26H22ClN3O2S2. The van der Waals surface area contributed by atoms with Crippen LogP contribution in [0.5, 0.6) is 5.75 Å². The van der Waals surface area contributed by atoms with Crippen molar-refractivity contribution in [3.05, 3.63) is 101 Å². The molecule has 0 aliphatic carbocycles. The Hall–Kier alpha value is -3.00. The van der Waals surface area contributed by atoms with Gasteiger partial charge in [-0.2, -0.15) is 0 Å². The van der Waals surface area contributed by atoms with Crippen LogP contribution in [0.4, 0.5) is 5.69 Å². The van der Waals surface area contributed by atoms with Crippen molar-refractivity contribution in [2.24, 2.45) is 0 Å². The topological polar surface area (TPSA) is 50.5 Å². The molecule has 2 aromatic carbocycles. The van der Waals surface area contributed by atoms with Gasteiger partial charge in [0, 0.05) is 16.8 Å². The maximum absolute atomic E-state index is 6.45. The summed E-state index contributed by atoms with van der Waals surface area (Å²) in [6.07, 6.45) is 1.78. The molecule has 1 N–H and O–H groups in total. The fourth-order valence-electron chi connectivity index (χ4n) is 4.00. The van der Waals surface area contributed by atoms with Gasteiger partial charge in [0.1, 0.15) is 17.6 Å². The second kappa shape index (κ2) is 9.70. The SMILES string of the molecule is COc1ccc(N2C(=S)NC(c3ccccn3)C2c2ccc(Sc3ccc(C)cc3)o2)cc1Cl. The molecule has 172 valence electrons. The van der Waals surface area contributed by atoms with Crippen molar-refractivity contribution >= 4 is 46.4 Å². The number of hydrogen-bond acceptors (Lipinski definition) is 5. The number of rotatable bonds is 6. The summed E-state index contributed by atoms with van der Waals surface area (Å²) >= 11 is 13.8. The summed E-state index contributed by atoms with van der Waals surface area (Å²) in [4.78, 5) is 7.73. The highest BCUT2D eigenvalue weighted by Gasteiger charge is 2.42. The van der Waals surface area contributed by atoms with Crippen LogP contribution >= 0.6 is 35.6 Å². The van der Waals surface area contributed by atoms with E-state index in [1.807, 2.05) is 53.4 Å². The van der Waals surface area contributed by atoms with Crippen LogP contribution in [0.3, 0.4) is 0 Å². The minimum Gasteiger partial charge on any atom is -0.495 e. The van der Waals surface area contributed by atoms with E-state index in [1.165, 1.54) is 5.56 Å². The van der Waals surface area contributed by atoms with Gasteiger partial charge >= 0.3 is 0 Å². The molecule has 1 saturated heterocycles. The van der Waals surface area contributed by atoms with Crippen molar-refractivity contribution in [1.82, 2.24) is 10.3 Å². The average molecular weight is 508 g/mol. The van der Waals surface area contributed by atoms with Gasteiger partial charge in [-0.05, 0) is 73.7 Å². The Morgan fingerprint density at radius 1 is 1.09 bits per heavy atom. The summed E-state index contributed by atoms with van der Waals surface area (Å²) in [7, 11) is 1.60. The van der Waals surface area contributed by atoms with Crippen molar-refractivity contribution in [3.8, 4) is 5.75 Å². The predicted molar refractivity (Wildman–Crippen MR) is 140 cm³/mol. The number of hydrogen-bond donors (Lipinski definition) is 1. The average Bonchev–Trinajstić information content (AvgIpc) is 3.45. The van der Waals surface area contributed by atoms with Gasteiger partial charge in [-0.3, -0.25) is 4.98 Å². The van der Waals surface area contributed by atoms with E-state index in [-0.39, 0.29) is 12.1 Å². The predicted octanol–water partition coefficient (Wildman–Crippen LogP) is 6.97. The maximum Gasteiger partial charge on any atom is 0.174 e. The van der Waals surface area contributed by atoms with Gasteiger partial charge < -0.3 is 19.4 Å². The quantitative estimate of drug-likeness (QED) is 0.283. The van der Waals surface area contributed by atoms with Crippen molar-refractivity contribution < 1.29 is 9.15 Å². The number of aromatic nitrogens is 1. The van der Waals surface area contributed by atoms with E-state index >= 15 is 0 Å². The van der Waals surface area contributed by atoms with Crippen LogP contribution in [-0.2, 0) is 0 Å². The molecule has 1 fully saturated rings. The first-order valence-electron chi connectivity index (χ1n) is 10.7. The van der Waals surface area contributed by atoms with Crippen molar-refractivity contribution in [3.63, 3.8) is 0 Å². The van der Waals surface area contributed by atoms with Gasteiger partial charge in [-0.15, -0.1) is 0 Å². The van der Waals surface area contributed by atoms with E-state index in [0.717, 1.165) is 27.1 Å². The number of nitrogens with one attached hydrogen (secondary N) is 1. The molecule has 8 heteroatoms. The number of methoxy groups -OCH3 is 1. The molecule has 0 saturated carbocycles. The molecule has 4 aromatic rings. The van der Waals surface area contributed by atoms with E-state index in [4.69, 9.17) is 33.0 Å². The molecule has 0 spiro atoms. The zero-order chi connectivity index (χ0) is 23.7. The molecule has 2 unspecified atom stereocenters. The fraction of sp³-hybridized carbons (Fsp3) is 0.154. The first-order chi connectivity index (χ1) is 16.5. The molecular weight excluding hydrogens is 486 g/mol. The van der Waals surface area contributed by atoms with E-state index in [0.29, 0.717) is 15.9 Å². The van der Waals surface area contributed by atoms with Crippen LogP contribution in [-0.4, -0.2) is 17.2 Å². The lowest BCUT2D eigenvalue weighted by Gasteiger charge is -2.26. The molecule has 5 rings (SSSR count). The third-order valence-electron chi connectivity index (χ3n) is 5.64. The number of thiocarbonyl (C=S) groups is 1. The highest BCUT2D eigenvalue weighted by atomic mass is 35.5. The number of halogens is 1. The summed E-state index contributed by atoms with van der Waals surface area (Å²) in [5.74, 6) is 1.39. The van der Waals surface area contributed by atoms with Crippen LogP contribution < -0.4 is 15.0 Å². The molecule has 34 heavy (non-hydrogen) atoms. The Balaban J connectivity index is 1.53. The number of pyridine rings is 1. The van der Waals surface area contributed by atoms with E-state index in [9.17, 15) is 0 Å². The van der Waals surface area contributed by atoms with Gasteiger partial charge in [0.25, 0.3) is 0 Å². The monoisotopic (exact) mass is 507 g/mol. The van der Waals surface area contributed by atoms with E-state index in [1.54, 1.807) is 25.1 Å². The first kappa shape index (κ1) is 22.8. The summed E-state index contributed by atoms with van der Waals surface area (Å²) in [6, 6.07) is 23.4. The standard InChI is InChI=1S/C26H22ClN3O2S2/c1-16-6-9-18(10-7-16)34-23-13-12-22(32-23)25-24(20-5-3-4-14-28-20)29-26(33)30(25)17-8-11-21(31-2)19(27)15-17/h3-15,24-25H,1-2H3,(H,29,33). The Kier molecular flexibility index (Phi) is 6.50. The van der Waals surface area contributed by atoms with Crippen LogP contribution in [0.2, 0.25) is 5.02 Å². The molecule has 0 radical (unpaired) electrons. The second-order valence-corrected chi connectivity index (χ2v) is 9.76. The van der Waals surface area contributed by atoms with E-state index in [2.05, 4.69) is 41.5 Å². The van der Waals surface area contributed by atoms with Gasteiger partial charge in [0.05, 0.1) is 23.9 Å². The Labute approximate surface area is 213 Å². The van der Waals surface area contributed by atoms with Gasteiger partial charge in [-0.1, -0.05) is 47.1 Å². The third-order valence-corrected chi connectivity index (χ3v) is 7.18. The summed E-state index contributed by atoms with van der Waals surface area (Å²) in [5, 5.41) is 5.33. The van der Waals surface area contributed by atoms with Crippen LogP contribution in [0.15, 0.2) is 93.4 Å². The van der Waals surface area contributed by atoms with E-state index < -0.39 is 0 Å². The normalized spacial score (nSPS) is 17.6. The van der Waals surface area contributed by atoms with Crippen LogP contribution in [0.25, 0.3) is 0 Å². The minimum atomic E-state index is -0.251. The Bertz CT molecular complexity index is 1310. The number of nitrogens with zero attached hydrogens (tertiary/aromatic N) is 2. The molecule has 1 aliphatic heterocycles. The molecule has 5 nitrogen and oxygen atoms in total. The second-order valence-electron chi connectivity index (χ2n) is 7.89. The summed E-state index contributed by atoms with van der Waals surface area (Å²) in [5.41, 5.74) is 2.94. The highest BCUT2D eigenvalue weighted by Crippen LogP contribution is 2.44. The number of anilines is 1. The molecule has 3 heterocycles. The van der Waals surface area contributed by atoms with Crippen LogP contribution in [0, 0.1) is 6.92 Å². The first-order valence-corrected chi connectivity index (χ1v) is 12.3. The lowest BCUT2D eigenvalue weighted by atomic mass is 10.0. The molecule has 0 bridgehead atoms. The number of benzene rings is 2. The number of aryl methyl sites for hydroxylation is 1. The molecule has 2 aromatic heterocycles. The number of furan rings is 1. The lowest BCUT2D eigenvalue weighted by Crippen LogP contribution is -2.29. The zero-order valence-corrected chi connectivity index (χ0v) is 21.0. The van der Waals surface area contributed by atoms with Crippen molar-refractivity contribution in [2.75, 3.05) is 12.0 Å². The van der Waals surface area contributed by atoms with Crippen LogP contribution in [0.1, 0.15) is 29.1 Å². The Morgan fingerprint density at radius 2 is 1.91 bits per heavy atom. The van der Waals surface area contributed by atoms with Crippen molar-refractivity contribution in [2.45, 2.75) is 29.0 Å². The number of ether oxygens (including phenoxy) is 1. The molecule has 0 amide bonds. The Morgan fingerprint density at radius 3 is 2.62 bits per heavy atom. The van der Waals surface area contributed by atoms with Gasteiger partial charge in [0.2, 0.25) is 0 Å². The molecule has 1 aliphatic rings. The summed E-state index contributed by atoms with van der Waals surface area (Å²) < 4.78 is 11.7. The lowest BCUT2D eigenvalue weighted by molar-refractivity contribution is 0.383. The van der Waals surface area contributed by atoms with Crippen molar-refractivity contribution in [1.29, 1.82) is 0 Å². The van der Waals surface area contributed by atoms with Gasteiger partial charge in [0.15, 0.2) is 10.2 Å².